The highest BCUT2D eigenvalue weighted by atomic mass is 19.4. The molecular formula is C14H9F6N5. The molecule has 2 aromatic heterocycles. The third-order valence-corrected chi connectivity index (χ3v) is 3.57. The van der Waals surface area contributed by atoms with Gasteiger partial charge in [-0.2, -0.15) is 22.7 Å². The van der Waals surface area contributed by atoms with E-state index in [0.717, 1.165) is 17.6 Å². The van der Waals surface area contributed by atoms with Gasteiger partial charge in [-0.15, -0.1) is 5.10 Å². The summed E-state index contributed by atoms with van der Waals surface area (Å²) in [5, 5.41) is 3.62. The first-order valence-electron chi connectivity index (χ1n) is 6.82. The molecular weight excluding hydrogens is 352 g/mol. The maximum Gasteiger partial charge on any atom is 0.398 e. The van der Waals surface area contributed by atoms with Gasteiger partial charge in [0, 0.05) is 23.9 Å². The molecule has 2 heterocycles. The Morgan fingerprint density at radius 2 is 1.72 bits per heavy atom. The van der Waals surface area contributed by atoms with E-state index in [1.165, 1.54) is 0 Å². The number of alkyl halides is 3. The van der Waals surface area contributed by atoms with Gasteiger partial charge < -0.3 is 5.73 Å². The van der Waals surface area contributed by atoms with E-state index in [4.69, 9.17) is 5.73 Å². The van der Waals surface area contributed by atoms with Gasteiger partial charge in [-0.05, 0) is 6.92 Å². The molecule has 1 atom stereocenters. The largest absolute Gasteiger partial charge is 0.398 e. The minimum absolute atomic E-state index is 0.268. The van der Waals surface area contributed by atoms with Crippen molar-refractivity contribution in [2.24, 2.45) is 0 Å². The van der Waals surface area contributed by atoms with E-state index >= 15 is 0 Å². The monoisotopic (exact) mass is 361 g/mol. The minimum atomic E-state index is -4.59. The third kappa shape index (κ3) is 2.85. The van der Waals surface area contributed by atoms with Gasteiger partial charge in [0.2, 0.25) is 0 Å². The standard InChI is InChI=1S/C14H9F6N5/c1-5(14(18,19)20)12-23-13-22-4-7(11(21)25(13)24-12)10-8(16)2-6(15)3-9(10)17/h2-5H,21H2,1H3/t5-/m0/s1. The number of nitrogens with zero attached hydrogens (tertiary/aromatic N) is 4. The van der Waals surface area contributed by atoms with Crippen LogP contribution in [0.25, 0.3) is 16.9 Å². The molecule has 1 aromatic carbocycles. The molecule has 0 unspecified atom stereocenters. The first-order chi connectivity index (χ1) is 11.6. The lowest BCUT2D eigenvalue weighted by Crippen LogP contribution is -2.19. The van der Waals surface area contributed by atoms with E-state index < -0.39 is 40.9 Å². The van der Waals surface area contributed by atoms with Gasteiger partial charge in [-0.25, -0.2) is 18.2 Å². The van der Waals surface area contributed by atoms with Crippen LogP contribution in [0.4, 0.5) is 32.2 Å². The molecule has 0 aliphatic heterocycles. The van der Waals surface area contributed by atoms with E-state index in [2.05, 4.69) is 15.1 Å². The fraction of sp³-hybridized carbons (Fsp3) is 0.214. The first kappa shape index (κ1) is 17.0. The molecule has 0 saturated carbocycles. The summed E-state index contributed by atoms with van der Waals surface area (Å²) < 4.78 is 79.9. The van der Waals surface area contributed by atoms with Crippen LogP contribution >= 0.6 is 0 Å². The molecule has 3 rings (SSSR count). The van der Waals surface area contributed by atoms with Crippen LogP contribution in [0.2, 0.25) is 0 Å². The van der Waals surface area contributed by atoms with Crippen LogP contribution in [0.3, 0.4) is 0 Å². The van der Waals surface area contributed by atoms with Crippen molar-refractivity contribution in [2.75, 3.05) is 5.73 Å². The normalized spacial score (nSPS) is 13.4. The Labute approximate surface area is 136 Å². The predicted molar refractivity (Wildman–Crippen MR) is 75.0 cm³/mol. The first-order valence-corrected chi connectivity index (χ1v) is 6.82. The van der Waals surface area contributed by atoms with Gasteiger partial charge in [0.05, 0.1) is 5.56 Å². The van der Waals surface area contributed by atoms with Crippen LogP contribution in [0.15, 0.2) is 18.3 Å². The molecule has 5 nitrogen and oxygen atoms in total. The zero-order chi connectivity index (χ0) is 18.5. The van der Waals surface area contributed by atoms with Crippen molar-refractivity contribution >= 4 is 11.6 Å². The smallest absolute Gasteiger partial charge is 0.383 e. The number of hydrogen-bond donors (Lipinski definition) is 1. The van der Waals surface area contributed by atoms with E-state index in [-0.39, 0.29) is 17.2 Å². The quantitative estimate of drug-likeness (QED) is 0.710. The Hall–Kier alpha value is -2.85. The number of nitrogens with two attached hydrogens (primary N) is 1. The number of benzene rings is 1. The number of anilines is 1. The van der Waals surface area contributed by atoms with Crippen molar-refractivity contribution in [3.63, 3.8) is 0 Å². The summed E-state index contributed by atoms with van der Waals surface area (Å²) in [5.74, 6) is -6.85. The molecule has 0 amide bonds. The number of fused-ring (bicyclic) bond motifs is 1. The van der Waals surface area contributed by atoms with Crippen molar-refractivity contribution in [1.29, 1.82) is 0 Å². The van der Waals surface area contributed by atoms with E-state index in [1.54, 1.807) is 0 Å². The summed E-state index contributed by atoms with van der Waals surface area (Å²) in [7, 11) is 0. The maximum atomic E-state index is 13.9. The highest BCUT2D eigenvalue weighted by Gasteiger charge is 2.40. The van der Waals surface area contributed by atoms with E-state index in [1.807, 2.05) is 0 Å². The van der Waals surface area contributed by atoms with Gasteiger partial charge >= 0.3 is 6.18 Å². The Morgan fingerprint density at radius 3 is 2.28 bits per heavy atom. The third-order valence-electron chi connectivity index (χ3n) is 3.57. The topological polar surface area (TPSA) is 69.1 Å². The zero-order valence-corrected chi connectivity index (χ0v) is 12.4. The highest BCUT2D eigenvalue weighted by molar-refractivity contribution is 5.75. The van der Waals surface area contributed by atoms with Crippen LogP contribution in [-0.4, -0.2) is 25.8 Å². The van der Waals surface area contributed by atoms with Crippen LogP contribution < -0.4 is 5.73 Å². The zero-order valence-electron chi connectivity index (χ0n) is 12.4. The van der Waals surface area contributed by atoms with Crippen LogP contribution in [0, 0.1) is 17.5 Å². The summed E-state index contributed by atoms with van der Waals surface area (Å²) in [6, 6.07) is 0.890. The van der Waals surface area contributed by atoms with Crippen molar-refractivity contribution in [3.8, 4) is 11.1 Å². The maximum absolute atomic E-state index is 13.9. The second-order valence-electron chi connectivity index (χ2n) is 5.25. The summed E-state index contributed by atoms with van der Waals surface area (Å²) >= 11 is 0. The van der Waals surface area contributed by atoms with Crippen LogP contribution in [0.1, 0.15) is 18.7 Å². The Balaban J connectivity index is 2.19. The molecule has 132 valence electrons. The van der Waals surface area contributed by atoms with Gasteiger partial charge in [0.1, 0.15) is 29.2 Å². The van der Waals surface area contributed by atoms with Crippen molar-refractivity contribution in [1.82, 2.24) is 19.6 Å². The van der Waals surface area contributed by atoms with Crippen molar-refractivity contribution < 1.29 is 26.3 Å². The number of halogens is 6. The molecule has 0 radical (unpaired) electrons. The summed E-state index contributed by atoms with van der Waals surface area (Å²) in [6.07, 6.45) is -3.65. The highest BCUT2D eigenvalue weighted by Crippen LogP contribution is 2.34. The van der Waals surface area contributed by atoms with E-state index in [9.17, 15) is 26.3 Å². The second-order valence-corrected chi connectivity index (χ2v) is 5.25. The van der Waals surface area contributed by atoms with Gasteiger partial charge in [-0.1, -0.05) is 0 Å². The van der Waals surface area contributed by atoms with Crippen molar-refractivity contribution in [3.05, 3.63) is 41.6 Å². The number of aromatic nitrogens is 4. The lowest BCUT2D eigenvalue weighted by molar-refractivity contribution is -0.147. The molecule has 0 spiro atoms. The molecule has 0 aliphatic rings. The average molecular weight is 361 g/mol. The Kier molecular flexibility index (Phi) is 3.81. The summed E-state index contributed by atoms with van der Waals surface area (Å²) in [4.78, 5) is 7.35. The van der Waals surface area contributed by atoms with Crippen LogP contribution in [-0.2, 0) is 0 Å². The molecule has 11 heteroatoms. The SMILES string of the molecule is C[C@@H](c1nc2ncc(-c3c(F)cc(F)cc3F)c(N)n2n1)C(F)(F)F. The minimum Gasteiger partial charge on any atom is -0.383 e. The number of nitrogen functional groups attached to an aromatic ring is 1. The second kappa shape index (κ2) is 5.60. The number of rotatable bonds is 2. The summed E-state index contributed by atoms with van der Waals surface area (Å²) in [5.41, 5.74) is 4.80. The van der Waals surface area contributed by atoms with Crippen molar-refractivity contribution in [2.45, 2.75) is 19.0 Å². The van der Waals surface area contributed by atoms with Gasteiger partial charge in [0.25, 0.3) is 5.78 Å². The molecule has 0 aliphatic carbocycles. The van der Waals surface area contributed by atoms with Gasteiger partial charge in [-0.3, -0.25) is 0 Å². The molecule has 2 N–H and O–H groups in total. The Morgan fingerprint density at radius 1 is 1.12 bits per heavy atom. The predicted octanol–water partition coefficient (Wildman–Crippen LogP) is 3.46. The fourth-order valence-electron chi connectivity index (χ4n) is 2.19. The van der Waals surface area contributed by atoms with Crippen LogP contribution in [0.5, 0.6) is 0 Å². The molecule has 3 aromatic rings. The molecule has 25 heavy (non-hydrogen) atoms. The average Bonchev–Trinajstić information content (AvgIpc) is 2.91. The number of hydrogen-bond acceptors (Lipinski definition) is 4. The Bertz CT molecular complexity index is 941. The summed E-state index contributed by atoms with van der Waals surface area (Å²) in [6.45, 7) is 0.852. The van der Waals surface area contributed by atoms with E-state index in [0.29, 0.717) is 12.1 Å². The lowest BCUT2D eigenvalue weighted by atomic mass is 10.1. The lowest BCUT2D eigenvalue weighted by Gasteiger charge is -2.11. The molecule has 0 bridgehead atoms. The molecule has 0 saturated heterocycles. The molecule has 0 fully saturated rings. The fourth-order valence-corrected chi connectivity index (χ4v) is 2.19. The van der Waals surface area contributed by atoms with Gasteiger partial charge in [0.15, 0.2) is 5.82 Å².